The first-order valence-corrected chi connectivity index (χ1v) is 6.47. The maximum absolute atomic E-state index is 11.6. The smallest absolute Gasteiger partial charge is 0.235 e. The van der Waals surface area contributed by atoms with E-state index < -0.39 is 15.2 Å². The van der Waals surface area contributed by atoms with Crippen LogP contribution in [-0.2, 0) is 4.79 Å². The number of rotatable bonds is 3. The van der Waals surface area contributed by atoms with Crippen molar-refractivity contribution in [2.45, 2.75) is 31.2 Å². The van der Waals surface area contributed by atoms with E-state index in [1.54, 1.807) is 6.92 Å². The van der Waals surface area contributed by atoms with Crippen molar-refractivity contribution in [2.24, 2.45) is 5.73 Å². The van der Waals surface area contributed by atoms with Gasteiger partial charge < -0.3 is 15.7 Å². The summed E-state index contributed by atoms with van der Waals surface area (Å²) in [6.07, 6.45) is 2.18. The Labute approximate surface area is 80.9 Å². The lowest BCUT2D eigenvalue weighted by atomic mass is 10.4. The first-order valence-electron chi connectivity index (χ1n) is 4.83. The van der Waals surface area contributed by atoms with Crippen LogP contribution in [0.25, 0.3) is 0 Å². The highest BCUT2D eigenvalue weighted by molar-refractivity contribution is 6.45. The number of likely N-dealkylation sites (tertiary alicyclic amines) is 1. The third-order valence-corrected chi connectivity index (χ3v) is 3.87. The molecule has 0 spiro atoms. The number of nitrogens with two attached hydrogens (primary N) is 1. The Morgan fingerprint density at radius 1 is 1.54 bits per heavy atom. The third-order valence-electron chi connectivity index (χ3n) is 2.33. The van der Waals surface area contributed by atoms with E-state index in [2.05, 4.69) is 0 Å². The predicted molar refractivity (Wildman–Crippen MR) is 54.0 cm³/mol. The SMILES string of the molecule is C[C@@H](O)[SiH2][C@H](N)C(=O)N1CCCC1. The summed E-state index contributed by atoms with van der Waals surface area (Å²) in [6.45, 7) is 3.41. The molecule has 0 radical (unpaired) electrons. The van der Waals surface area contributed by atoms with E-state index in [-0.39, 0.29) is 11.6 Å². The van der Waals surface area contributed by atoms with Crippen molar-refractivity contribution >= 4 is 15.4 Å². The van der Waals surface area contributed by atoms with Crippen molar-refractivity contribution in [3.8, 4) is 0 Å². The van der Waals surface area contributed by atoms with E-state index in [9.17, 15) is 4.79 Å². The van der Waals surface area contributed by atoms with Crippen LogP contribution in [0.15, 0.2) is 0 Å². The van der Waals surface area contributed by atoms with E-state index in [1.807, 2.05) is 4.90 Å². The summed E-state index contributed by atoms with van der Waals surface area (Å²) in [5.74, 6) is 0.0464. The van der Waals surface area contributed by atoms with Crippen LogP contribution >= 0.6 is 0 Å². The molecule has 0 aliphatic carbocycles. The Morgan fingerprint density at radius 3 is 2.54 bits per heavy atom. The molecule has 2 atom stereocenters. The molecular weight excluding hydrogens is 184 g/mol. The molecule has 1 rings (SSSR count). The maximum Gasteiger partial charge on any atom is 0.235 e. The minimum absolute atomic E-state index is 0.0464. The van der Waals surface area contributed by atoms with Gasteiger partial charge in [0, 0.05) is 18.8 Å². The number of hydrogen-bond acceptors (Lipinski definition) is 3. The molecule has 13 heavy (non-hydrogen) atoms. The van der Waals surface area contributed by atoms with Crippen LogP contribution in [0, 0.1) is 0 Å². The fraction of sp³-hybridized carbons (Fsp3) is 0.875. The Hall–Kier alpha value is -0.393. The van der Waals surface area contributed by atoms with Crippen molar-refractivity contribution in [1.82, 2.24) is 4.90 Å². The molecule has 0 bridgehead atoms. The molecule has 1 aliphatic heterocycles. The van der Waals surface area contributed by atoms with Crippen LogP contribution in [-0.4, -0.2) is 49.9 Å². The predicted octanol–water partition coefficient (Wildman–Crippen LogP) is -1.60. The number of nitrogens with zero attached hydrogens (tertiary/aromatic N) is 1. The second kappa shape index (κ2) is 4.73. The summed E-state index contributed by atoms with van der Waals surface area (Å²) >= 11 is 0. The van der Waals surface area contributed by atoms with Gasteiger partial charge in [0.15, 0.2) is 0 Å². The highest BCUT2D eigenvalue weighted by atomic mass is 28.2. The molecule has 1 fully saturated rings. The molecule has 0 unspecified atom stereocenters. The van der Waals surface area contributed by atoms with E-state index in [4.69, 9.17) is 10.8 Å². The minimum atomic E-state index is -0.869. The molecule has 1 amide bonds. The zero-order valence-electron chi connectivity index (χ0n) is 8.07. The maximum atomic E-state index is 11.6. The van der Waals surface area contributed by atoms with Crippen LogP contribution < -0.4 is 5.73 Å². The van der Waals surface area contributed by atoms with Crippen molar-refractivity contribution in [2.75, 3.05) is 13.1 Å². The third kappa shape index (κ3) is 3.09. The van der Waals surface area contributed by atoms with Gasteiger partial charge in [-0.05, 0) is 19.8 Å². The lowest BCUT2D eigenvalue weighted by molar-refractivity contribution is -0.129. The first-order chi connectivity index (χ1) is 6.11. The molecular formula is C8H18N2O2Si. The second-order valence-corrected chi connectivity index (χ2v) is 6.26. The summed E-state index contributed by atoms with van der Waals surface area (Å²) < 4.78 is 0. The summed E-state index contributed by atoms with van der Waals surface area (Å²) in [5, 5.41) is 9.13. The summed E-state index contributed by atoms with van der Waals surface area (Å²) in [5.41, 5.74) is 4.96. The molecule has 76 valence electrons. The zero-order chi connectivity index (χ0) is 9.84. The largest absolute Gasteiger partial charge is 0.397 e. The number of carbonyl (C=O) groups excluding carboxylic acids is 1. The summed E-state index contributed by atoms with van der Waals surface area (Å²) in [7, 11) is -0.869. The van der Waals surface area contributed by atoms with Gasteiger partial charge in [0.2, 0.25) is 5.91 Å². The number of hydrogen-bond donors (Lipinski definition) is 2. The Morgan fingerprint density at radius 2 is 2.08 bits per heavy atom. The van der Waals surface area contributed by atoms with E-state index in [1.165, 1.54) is 0 Å². The van der Waals surface area contributed by atoms with Crippen LogP contribution in [0.4, 0.5) is 0 Å². The highest BCUT2D eigenvalue weighted by Crippen LogP contribution is 2.08. The van der Waals surface area contributed by atoms with E-state index in [0.29, 0.717) is 0 Å². The molecule has 5 heteroatoms. The standard InChI is InChI=1S/C8H18N2O2Si/c1-6(11)13-7(9)8(12)10-4-2-3-5-10/h6-7,11H,2-5,9,13H2,1H3/t6-,7-/m0/s1. The van der Waals surface area contributed by atoms with Crippen LogP contribution in [0.5, 0.6) is 0 Å². The van der Waals surface area contributed by atoms with Crippen LogP contribution in [0.2, 0.25) is 0 Å². The van der Waals surface area contributed by atoms with Crippen LogP contribution in [0.1, 0.15) is 19.8 Å². The zero-order valence-corrected chi connectivity index (χ0v) is 9.48. The monoisotopic (exact) mass is 202 g/mol. The average molecular weight is 202 g/mol. The Balaban J connectivity index is 2.36. The number of amides is 1. The molecule has 1 heterocycles. The van der Waals surface area contributed by atoms with E-state index in [0.717, 1.165) is 25.9 Å². The van der Waals surface area contributed by atoms with Crippen molar-refractivity contribution in [3.05, 3.63) is 0 Å². The lowest BCUT2D eigenvalue weighted by Crippen LogP contribution is -2.48. The fourth-order valence-electron chi connectivity index (χ4n) is 1.64. The van der Waals surface area contributed by atoms with Gasteiger partial charge in [0.05, 0.1) is 15.2 Å². The van der Waals surface area contributed by atoms with E-state index >= 15 is 0 Å². The summed E-state index contributed by atoms with van der Waals surface area (Å²) in [4.78, 5) is 13.4. The van der Waals surface area contributed by atoms with Crippen LogP contribution in [0.3, 0.4) is 0 Å². The topological polar surface area (TPSA) is 66.6 Å². The average Bonchev–Trinajstić information content (AvgIpc) is 2.53. The normalized spacial score (nSPS) is 22.5. The van der Waals surface area contributed by atoms with Gasteiger partial charge in [-0.2, -0.15) is 0 Å². The second-order valence-electron chi connectivity index (χ2n) is 3.72. The molecule has 0 saturated carbocycles. The van der Waals surface area contributed by atoms with Gasteiger partial charge in [-0.1, -0.05) is 0 Å². The molecule has 4 nitrogen and oxygen atoms in total. The van der Waals surface area contributed by atoms with Gasteiger partial charge in [0.25, 0.3) is 0 Å². The number of aliphatic hydroxyl groups is 1. The van der Waals surface area contributed by atoms with Gasteiger partial charge in [-0.25, -0.2) is 0 Å². The fourth-order valence-corrected chi connectivity index (χ4v) is 2.84. The lowest BCUT2D eigenvalue weighted by Gasteiger charge is -2.20. The molecule has 0 aromatic carbocycles. The summed E-state index contributed by atoms with van der Waals surface area (Å²) in [6, 6.07) is 0. The van der Waals surface area contributed by atoms with Gasteiger partial charge in [-0.3, -0.25) is 4.79 Å². The minimum Gasteiger partial charge on any atom is -0.397 e. The highest BCUT2D eigenvalue weighted by Gasteiger charge is 2.24. The first kappa shape index (κ1) is 10.7. The molecule has 3 N–H and O–H groups in total. The van der Waals surface area contributed by atoms with Crippen molar-refractivity contribution in [1.29, 1.82) is 0 Å². The number of carbonyl (C=O) groups is 1. The quantitative estimate of drug-likeness (QED) is 0.542. The Kier molecular flexibility index (Phi) is 3.89. The molecule has 0 aromatic heterocycles. The van der Waals surface area contributed by atoms with Crippen molar-refractivity contribution in [3.63, 3.8) is 0 Å². The van der Waals surface area contributed by atoms with Gasteiger partial charge in [-0.15, -0.1) is 0 Å². The van der Waals surface area contributed by atoms with Crippen molar-refractivity contribution < 1.29 is 9.90 Å². The number of aliphatic hydroxyl groups excluding tert-OH is 1. The molecule has 1 saturated heterocycles. The Bertz CT molecular complexity index is 181. The van der Waals surface area contributed by atoms with Gasteiger partial charge in [0.1, 0.15) is 0 Å². The van der Waals surface area contributed by atoms with Gasteiger partial charge >= 0.3 is 0 Å². The molecule has 1 aliphatic rings. The molecule has 0 aromatic rings.